The molecule has 5 rings (SSSR count). The van der Waals surface area contributed by atoms with Crippen molar-refractivity contribution in [2.45, 2.75) is 50.2 Å². The van der Waals surface area contributed by atoms with Crippen LogP contribution in [0.15, 0.2) is 36.7 Å². The fourth-order valence-electron chi connectivity index (χ4n) is 4.68. The van der Waals surface area contributed by atoms with Crippen LogP contribution in [0.3, 0.4) is 0 Å². The molecule has 2 amide bonds. The van der Waals surface area contributed by atoms with Crippen molar-refractivity contribution in [3.05, 3.63) is 57.8 Å². The van der Waals surface area contributed by atoms with Crippen LogP contribution in [0.25, 0.3) is 0 Å². The van der Waals surface area contributed by atoms with E-state index in [1.165, 1.54) is 19.5 Å². The lowest BCUT2D eigenvalue weighted by molar-refractivity contribution is -0.145. The van der Waals surface area contributed by atoms with Crippen LogP contribution in [0.2, 0.25) is 10.0 Å². The second-order valence-corrected chi connectivity index (χ2v) is 9.49. The molecule has 2 atom stereocenters. The van der Waals surface area contributed by atoms with Crippen molar-refractivity contribution in [3.63, 3.8) is 0 Å². The van der Waals surface area contributed by atoms with Gasteiger partial charge >= 0.3 is 5.97 Å². The van der Waals surface area contributed by atoms with Crippen molar-refractivity contribution in [3.8, 4) is 0 Å². The molecule has 180 valence electrons. The third-order valence-electron chi connectivity index (χ3n) is 6.48. The number of piperidine rings is 2. The zero-order chi connectivity index (χ0) is 24.2. The largest absolute Gasteiger partial charge is 0.467 e. The Hall–Kier alpha value is -2.68. The number of pyridine rings is 1. The van der Waals surface area contributed by atoms with Crippen molar-refractivity contribution < 1.29 is 19.1 Å². The fourth-order valence-corrected chi connectivity index (χ4v) is 5.21. The number of esters is 1. The highest BCUT2D eigenvalue weighted by Gasteiger charge is 2.40. The lowest BCUT2D eigenvalue weighted by Gasteiger charge is -2.42. The molecule has 1 aromatic carbocycles. The molecule has 1 aliphatic carbocycles. The number of anilines is 1. The molecule has 1 saturated carbocycles. The van der Waals surface area contributed by atoms with Gasteiger partial charge in [-0.2, -0.15) is 0 Å². The van der Waals surface area contributed by atoms with Gasteiger partial charge in [-0.05, 0) is 49.3 Å². The lowest BCUT2D eigenvalue weighted by atomic mass is 9.76. The Labute approximate surface area is 207 Å². The van der Waals surface area contributed by atoms with E-state index in [9.17, 15) is 14.4 Å². The maximum absolute atomic E-state index is 12.9. The topological polar surface area (TPSA) is 109 Å². The van der Waals surface area contributed by atoms with Gasteiger partial charge < -0.3 is 20.7 Å². The molecular formula is C24H26Cl2N4O4. The standard InChI is InChI=1S/C24H26Cl2N4O4/c1-34-24(33)19(30-23(32)21-14-4-8-15(28-21)9-5-14)10-13-2-6-16(7-3-13)29-22(31)20-17(25)11-27-12-18(20)26/h2-3,6-7,11-12,14-15,19,21,28H,4-5,8-10H2,1H3,(H,29,31)(H,30,32)/t14?,15?,19-,21?/m0/s1. The van der Waals surface area contributed by atoms with E-state index in [-0.39, 0.29) is 34.0 Å². The molecule has 3 aliphatic rings. The van der Waals surface area contributed by atoms with Gasteiger partial charge in [0.25, 0.3) is 5.91 Å². The summed E-state index contributed by atoms with van der Waals surface area (Å²) in [5, 5.41) is 9.31. The predicted molar refractivity (Wildman–Crippen MR) is 129 cm³/mol. The van der Waals surface area contributed by atoms with E-state index in [0.29, 0.717) is 17.6 Å². The Bertz CT molecular complexity index is 1050. The third-order valence-corrected chi connectivity index (χ3v) is 7.05. The second kappa shape index (κ2) is 10.7. The number of nitrogens with one attached hydrogen (secondary N) is 3. The van der Waals surface area contributed by atoms with Gasteiger partial charge in [0.2, 0.25) is 5.91 Å². The van der Waals surface area contributed by atoms with Crippen molar-refractivity contribution in [1.29, 1.82) is 0 Å². The van der Waals surface area contributed by atoms with E-state index >= 15 is 0 Å². The summed E-state index contributed by atoms with van der Waals surface area (Å²) < 4.78 is 4.92. The van der Waals surface area contributed by atoms with E-state index in [1.54, 1.807) is 24.3 Å². The monoisotopic (exact) mass is 504 g/mol. The summed E-state index contributed by atoms with van der Waals surface area (Å²) in [4.78, 5) is 41.7. The van der Waals surface area contributed by atoms with Gasteiger partial charge in [-0.25, -0.2) is 4.79 Å². The van der Waals surface area contributed by atoms with Crippen molar-refractivity contribution in [2.75, 3.05) is 12.4 Å². The number of halogens is 2. The number of methoxy groups -OCH3 is 1. The molecule has 3 N–H and O–H groups in total. The molecule has 0 spiro atoms. The van der Waals surface area contributed by atoms with E-state index in [4.69, 9.17) is 27.9 Å². The average molecular weight is 505 g/mol. The van der Waals surface area contributed by atoms with E-state index < -0.39 is 17.9 Å². The predicted octanol–water partition coefficient (Wildman–Crippen LogP) is 3.37. The number of benzene rings is 1. The van der Waals surface area contributed by atoms with Crippen molar-refractivity contribution in [1.82, 2.24) is 15.6 Å². The number of fused-ring (bicyclic) bond motifs is 3. The lowest BCUT2D eigenvalue weighted by Crippen LogP contribution is -2.60. The number of nitrogens with zero attached hydrogens (tertiary/aromatic N) is 1. The number of carbonyl (C=O) groups excluding carboxylic acids is 3. The van der Waals surface area contributed by atoms with Crippen LogP contribution in [-0.2, 0) is 20.7 Å². The molecule has 2 aromatic rings. The van der Waals surface area contributed by atoms with Crippen LogP contribution in [0.1, 0.15) is 41.6 Å². The molecule has 1 unspecified atom stereocenters. The van der Waals surface area contributed by atoms with E-state index in [0.717, 1.165) is 31.2 Å². The minimum Gasteiger partial charge on any atom is -0.467 e. The minimum atomic E-state index is -0.811. The second-order valence-electron chi connectivity index (χ2n) is 8.67. The van der Waals surface area contributed by atoms with Crippen LogP contribution in [0, 0.1) is 5.92 Å². The maximum atomic E-state index is 12.9. The number of hydrogen-bond donors (Lipinski definition) is 3. The summed E-state index contributed by atoms with van der Waals surface area (Å²) in [6, 6.07) is 6.24. The number of rotatable bonds is 7. The molecule has 3 heterocycles. The summed E-state index contributed by atoms with van der Waals surface area (Å²) in [6.45, 7) is 0. The Morgan fingerprint density at radius 2 is 1.74 bits per heavy atom. The van der Waals surface area contributed by atoms with Crippen LogP contribution in [0.5, 0.6) is 0 Å². The molecule has 2 saturated heterocycles. The number of carbonyl (C=O) groups is 3. The molecule has 2 bridgehead atoms. The van der Waals surface area contributed by atoms with Gasteiger partial charge in [0.1, 0.15) is 6.04 Å². The average Bonchev–Trinajstić information content (AvgIpc) is 2.84. The van der Waals surface area contributed by atoms with Gasteiger partial charge in [-0.1, -0.05) is 35.3 Å². The number of hydrogen-bond acceptors (Lipinski definition) is 6. The van der Waals surface area contributed by atoms with Crippen molar-refractivity contribution >= 4 is 46.7 Å². The third kappa shape index (κ3) is 5.51. The molecule has 0 radical (unpaired) electrons. The number of ether oxygens (including phenoxy) is 1. The first-order valence-electron chi connectivity index (χ1n) is 11.2. The summed E-state index contributed by atoms with van der Waals surface area (Å²) in [5.74, 6) is -0.832. The number of aromatic nitrogens is 1. The van der Waals surface area contributed by atoms with Gasteiger partial charge in [-0.3, -0.25) is 14.6 Å². The first-order valence-corrected chi connectivity index (χ1v) is 11.9. The minimum absolute atomic E-state index is 0.140. The Morgan fingerprint density at radius 3 is 2.29 bits per heavy atom. The maximum Gasteiger partial charge on any atom is 0.328 e. The van der Waals surface area contributed by atoms with Gasteiger partial charge in [0.15, 0.2) is 0 Å². The molecule has 34 heavy (non-hydrogen) atoms. The normalized spacial score (nSPS) is 22.0. The first kappa shape index (κ1) is 24.4. The van der Waals surface area contributed by atoms with Gasteiger partial charge in [-0.15, -0.1) is 0 Å². The summed E-state index contributed by atoms with van der Waals surface area (Å²) in [7, 11) is 1.30. The molecule has 2 aliphatic heterocycles. The quantitative estimate of drug-likeness (QED) is 0.498. The highest BCUT2D eigenvalue weighted by molar-refractivity contribution is 6.40. The Morgan fingerprint density at radius 1 is 1.09 bits per heavy atom. The first-order chi connectivity index (χ1) is 16.4. The Kier molecular flexibility index (Phi) is 7.70. The van der Waals surface area contributed by atoms with Crippen LogP contribution < -0.4 is 16.0 Å². The molecule has 10 heteroatoms. The summed E-state index contributed by atoms with van der Waals surface area (Å²) in [5.41, 5.74) is 1.46. The summed E-state index contributed by atoms with van der Waals surface area (Å²) >= 11 is 12.1. The summed E-state index contributed by atoms with van der Waals surface area (Å²) in [6.07, 6.45) is 7.20. The molecule has 1 aromatic heterocycles. The fraction of sp³-hybridized carbons (Fsp3) is 0.417. The van der Waals surface area contributed by atoms with E-state index in [2.05, 4.69) is 20.9 Å². The zero-order valence-electron chi connectivity index (χ0n) is 18.6. The molecule has 8 nitrogen and oxygen atoms in total. The Balaban J connectivity index is 1.40. The highest BCUT2D eigenvalue weighted by Crippen LogP contribution is 2.33. The van der Waals surface area contributed by atoms with E-state index in [1.807, 2.05) is 0 Å². The molecule has 3 fully saturated rings. The van der Waals surface area contributed by atoms with Crippen LogP contribution in [-0.4, -0.2) is 48.0 Å². The van der Waals surface area contributed by atoms with Crippen LogP contribution >= 0.6 is 23.2 Å². The smallest absolute Gasteiger partial charge is 0.328 e. The van der Waals surface area contributed by atoms with Crippen molar-refractivity contribution in [2.24, 2.45) is 5.92 Å². The highest BCUT2D eigenvalue weighted by atomic mass is 35.5. The molecular weight excluding hydrogens is 479 g/mol. The van der Waals surface area contributed by atoms with Gasteiger partial charge in [0.05, 0.1) is 28.8 Å². The van der Waals surface area contributed by atoms with Gasteiger partial charge in [0, 0.05) is 30.5 Å². The SMILES string of the molecule is COC(=O)[C@H](Cc1ccc(NC(=O)c2c(Cl)cncc2Cl)cc1)NC(=O)C1NC2CCC1CC2. The zero-order valence-corrected chi connectivity index (χ0v) is 20.2. The van der Waals surface area contributed by atoms with Crippen LogP contribution in [0.4, 0.5) is 5.69 Å². The number of amides is 2.